The fraction of sp³-hybridized carbons (Fsp3) is 0.188. The first kappa shape index (κ1) is 12.5. The smallest absolute Gasteiger partial charge is 0.0295 e. The topological polar surface area (TPSA) is 24.9 Å². The van der Waals surface area contributed by atoms with Gasteiger partial charge in [0.2, 0.25) is 0 Å². The van der Waals surface area contributed by atoms with E-state index in [-0.39, 0.29) is 0 Å². The van der Waals surface area contributed by atoms with Gasteiger partial charge in [-0.15, -0.1) is 0 Å². The summed E-state index contributed by atoms with van der Waals surface area (Å²) in [5, 5.41) is 3.45. The van der Waals surface area contributed by atoms with Crippen molar-refractivity contribution < 1.29 is 0 Å². The third-order valence-electron chi connectivity index (χ3n) is 2.86. The van der Waals surface area contributed by atoms with Crippen LogP contribution >= 0.6 is 0 Å². The summed E-state index contributed by atoms with van der Waals surface area (Å²) in [7, 11) is 0. The molecular formula is C16H18N2. The van der Waals surface area contributed by atoms with Crippen LogP contribution in [-0.4, -0.2) is 11.5 Å². The predicted octanol–water partition coefficient (Wildman–Crippen LogP) is 3.45. The predicted molar refractivity (Wildman–Crippen MR) is 76.1 cm³/mol. The molecule has 0 spiro atoms. The largest absolute Gasteiger partial charge is 0.307 e. The van der Waals surface area contributed by atoms with Gasteiger partial charge in [0.05, 0.1) is 0 Å². The van der Waals surface area contributed by atoms with E-state index in [1.54, 1.807) is 0 Å². The van der Waals surface area contributed by atoms with Crippen LogP contribution in [0.5, 0.6) is 0 Å². The van der Waals surface area contributed by atoms with Crippen LogP contribution in [0.25, 0.3) is 6.08 Å². The van der Waals surface area contributed by atoms with Gasteiger partial charge >= 0.3 is 0 Å². The minimum Gasteiger partial charge on any atom is -0.307 e. The summed E-state index contributed by atoms with van der Waals surface area (Å²) in [6.07, 6.45) is 7.93. The van der Waals surface area contributed by atoms with Gasteiger partial charge in [0.1, 0.15) is 0 Å². The second kappa shape index (κ2) is 6.72. The van der Waals surface area contributed by atoms with Crippen molar-refractivity contribution in [1.29, 1.82) is 0 Å². The van der Waals surface area contributed by atoms with Gasteiger partial charge in [-0.25, -0.2) is 0 Å². The van der Waals surface area contributed by atoms with E-state index in [4.69, 9.17) is 0 Å². The van der Waals surface area contributed by atoms with Crippen LogP contribution in [-0.2, 0) is 0 Å². The van der Waals surface area contributed by atoms with Crippen LogP contribution in [0, 0.1) is 0 Å². The standard InChI is InChI=1S/C16H18N2/c1-14(16-9-12-17-13-10-16)18-11-5-8-15-6-3-2-4-7-15/h2-10,12-14,18H,11H2,1H3/b8-5+. The zero-order chi connectivity index (χ0) is 12.6. The minimum atomic E-state index is 0.341. The molecule has 1 aromatic carbocycles. The Labute approximate surface area is 108 Å². The third-order valence-corrected chi connectivity index (χ3v) is 2.86. The van der Waals surface area contributed by atoms with Gasteiger partial charge in [-0.05, 0) is 30.2 Å². The second-order valence-electron chi connectivity index (χ2n) is 4.22. The highest BCUT2D eigenvalue weighted by atomic mass is 14.9. The summed E-state index contributed by atoms with van der Waals surface area (Å²) in [6.45, 7) is 3.02. The maximum Gasteiger partial charge on any atom is 0.0295 e. The maximum atomic E-state index is 4.02. The van der Waals surface area contributed by atoms with Crippen LogP contribution in [0.1, 0.15) is 24.1 Å². The molecule has 1 N–H and O–H groups in total. The van der Waals surface area contributed by atoms with Crippen molar-refractivity contribution in [3.05, 3.63) is 72.1 Å². The van der Waals surface area contributed by atoms with Gasteiger partial charge in [-0.1, -0.05) is 42.5 Å². The summed E-state index contributed by atoms with van der Waals surface area (Å²) >= 11 is 0. The second-order valence-corrected chi connectivity index (χ2v) is 4.22. The van der Waals surface area contributed by atoms with E-state index in [0.29, 0.717) is 6.04 Å². The van der Waals surface area contributed by atoms with E-state index in [1.807, 2.05) is 42.7 Å². The zero-order valence-corrected chi connectivity index (χ0v) is 10.6. The molecule has 0 amide bonds. The number of pyridine rings is 1. The Bertz CT molecular complexity index is 477. The molecule has 1 unspecified atom stereocenters. The monoisotopic (exact) mass is 238 g/mol. The highest BCUT2D eigenvalue weighted by molar-refractivity contribution is 5.48. The van der Waals surface area contributed by atoms with Crippen molar-refractivity contribution in [2.75, 3.05) is 6.54 Å². The first-order chi connectivity index (χ1) is 8.86. The van der Waals surface area contributed by atoms with Crippen LogP contribution in [0.2, 0.25) is 0 Å². The van der Waals surface area contributed by atoms with E-state index < -0.39 is 0 Å². The van der Waals surface area contributed by atoms with Gasteiger partial charge in [0, 0.05) is 25.0 Å². The van der Waals surface area contributed by atoms with Gasteiger partial charge in [0.15, 0.2) is 0 Å². The molecule has 0 aliphatic heterocycles. The molecule has 0 fully saturated rings. The number of rotatable bonds is 5. The average molecular weight is 238 g/mol. The van der Waals surface area contributed by atoms with E-state index in [2.05, 4.69) is 41.5 Å². The van der Waals surface area contributed by atoms with E-state index in [9.17, 15) is 0 Å². The summed E-state index contributed by atoms with van der Waals surface area (Å²) in [6, 6.07) is 14.7. The van der Waals surface area contributed by atoms with Gasteiger partial charge in [-0.3, -0.25) is 4.98 Å². The Kier molecular flexibility index (Phi) is 4.68. The fourth-order valence-electron chi connectivity index (χ4n) is 1.77. The van der Waals surface area contributed by atoms with Crippen LogP contribution in [0.3, 0.4) is 0 Å². The SMILES string of the molecule is CC(NC/C=C/c1ccccc1)c1ccncc1. The molecule has 0 bridgehead atoms. The lowest BCUT2D eigenvalue weighted by Crippen LogP contribution is -2.18. The molecule has 0 radical (unpaired) electrons. The molecule has 0 aliphatic carbocycles. The summed E-state index contributed by atoms with van der Waals surface area (Å²) in [5.74, 6) is 0. The Hall–Kier alpha value is -1.93. The number of nitrogens with one attached hydrogen (secondary N) is 1. The quantitative estimate of drug-likeness (QED) is 0.863. The molecule has 2 heteroatoms. The van der Waals surface area contributed by atoms with Gasteiger partial charge < -0.3 is 5.32 Å². The molecule has 1 atom stereocenters. The highest BCUT2D eigenvalue weighted by Gasteiger charge is 2.01. The van der Waals surface area contributed by atoms with Crippen molar-refractivity contribution in [1.82, 2.24) is 10.3 Å². The molecule has 1 heterocycles. The van der Waals surface area contributed by atoms with Gasteiger partial charge in [0.25, 0.3) is 0 Å². The Morgan fingerprint density at radius 3 is 2.56 bits per heavy atom. The number of benzene rings is 1. The van der Waals surface area contributed by atoms with E-state index >= 15 is 0 Å². The fourth-order valence-corrected chi connectivity index (χ4v) is 1.77. The van der Waals surface area contributed by atoms with Crippen molar-refractivity contribution in [2.24, 2.45) is 0 Å². The molecule has 0 aliphatic rings. The zero-order valence-electron chi connectivity index (χ0n) is 10.6. The molecule has 0 saturated carbocycles. The first-order valence-corrected chi connectivity index (χ1v) is 6.21. The van der Waals surface area contributed by atoms with Crippen molar-refractivity contribution in [2.45, 2.75) is 13.0 Å². The summed E-state index contributed by atoms with van der Waals surface area (Å²) in [5.41, 5.74) is 2.49. The molecule has 18 heavy (non-hydrogen) atoms. The molecule has 2 aromatic rings. The van der Waals surface area contributed by atoms with Crippen molar-refractivity contribution >= 4 is 6.08 Å². The molecule has 2 rings (SSSR count). The molecule has 1 aromatic heterocycles. The van der Waals surface area contributed by atoms with Crippen molar-refractivity contribution in [3.63, 3.8) is 0 Å². The maximum absolute atomic E-state index is 4.02. The normalized spacial score (nSPS) is 12.7. The number of hydrogen-bond donors (Lipinski definition) is 1. The average Bonchev–Trinajstić information content (AvgIpc) is 2.45. The Morgan fingerprint density at radius 2 is 1.83 bits per heavy atom. The Balaban J connectivity index is 1.81. The molecular weight excluding hydrogens is 220 g/mol. The number of nitrogens with zero attached hydrogens (tertiary/aromatic N) is 1. The third kappa shape index (κ3) is 3.82. The highest BCUT2D eigenvalue weighted by Crippen LogP contribution is 2.09. The lowest BCUT2D eigenvalue weighted by molar-refractivity contribution is 0.617. The molecule has 0 saturated heterocycles. The minimum absolute atomic E-state index is 0.341. The lowest BCUT2D eigenvalue weighted by Gasteiger charge is -2.11. The van der Waals surface area contributed by atoms with Gasteiger partial charge in [-0.2, -0.15) is 0 Å². The summed E-state index contributed by atoms with van der Waals surface area (Å²) < 4.78 is 0. The number of aromatic nitrogens is 1. The van der Waals surface area contributed by atoms with Crippen molar-refractivity contribution in [3.8, 4) is 0 Å². The van der Waals surface area contributed by atoms with E-state index in [1.165, 1.54) is 11.1 Å². The van der Waals surface area contributed by atoms with Crippen LogP contribution < -0.4 is 5.32 Å². The Morgan fingerprint density at radius 1 is 1.11 bits per heavy atom. The lowest BCUT2D eigenvalue weighted by atomic mass is 10.1. The summed E-state index contributed by atoms with van der Waals surface area (Å²) in [4.78, 5) is 4.02. The molecule has 2 nitrogen and oxygen atoms in total. The molecule has 92 valence electrons. The van der Waals surface area contributed by atoms with Crippen LogP contribution in [0.4, 0.5) is 0 Å². The van der Waals surface area contributed by atoms with E-state index in [0.717, 1.165) is 6.54 Å². The number of hydrogen-bond acceptors (Lipinski definition) is 2. The first-order valence-electron chi connectivity index (χ1n) is 6.21. The van der Waals surface area contributed by atoms with Crippen LogP contribution in [0.15, 0.2) is 60.9 Å².